The minimum atomic E-state index is -0.151. The second-order valence-electron chi connectivity index (χ2n) is 5.17. The van der Waals surface area contributed by atoms with Crippen molar-refractivity contribution in [3.63, 3.8) is 0 Å². The molecule has 2 rings (SSSR count). The van der Waals surface area contributed by atoms with Crippen LogP contribution in [0.5, 0.6) is 0 Å². The molecule has 0 radical (unpaired) electrons. The fourth-order valence-electron chi connectivity index (χ4n) is 2.46. The lowest BCUT2D eigenvalue weighted by Crippen LogP contribution is -2.52. The highest BCUT2D eigenvalue weighted by Crippen LogP contribution is 2.16. The predicted molar refractivity (Wildman–Crippen MR) is 76.7 cm³/mol. The molecule has 1 atom stereocenters. The standard InChI is InChI=1S/C14H22N4O2/c1-11-4-6-15-14(16-11)18-9-8-17(10-12(18)2)7-5-13(19)20-3/h4,6,12H,5,7-10H2,1-3H3/t12-/m1/s1. The predicted octanol–water partition coefficient (Wildman–Crippen LogP) is 0.859. The molecule has 1 aliphatic heterocycles. The van der Waals surface area contributed by atoms with Crippen molar-refractivity contribution in [1.82, 2.24) is 14.9 Å². The van der Waals surface area contributed by atoms with Crippen LogP contribution in [-0.4, -0.2) is 60.2 Å². The van der Waals surface area contributed by atoms with E-state index in [0.717, 1.165) is 37.8 Å². The van der Waals surface area contributed by atoms with E-state index in [9.17, 15) is 4.79 Å². The summed E-state index contributed by atoms with van der Waals surface area (Å²) in [6.45, 7) is 7.59. The van der Waals surface area contributed by atoms with E-state index < -0.39 is 0 Å². The lowest BCUT2D eigenvalue weighted by molar-refractivity contribution is -0.141. The Balaban J connectivity index is 1.91. The van der Waals surface area contributed by atoms with Gasteiger partial charge in [-0.3, -0.25) is 9.69 Å². The van der Waals surface area contributed by atoms with Gasteiger partial charge < -0.3 is 9.64 Å². The monoisotopic (exact) mass is 278 g/mol. The number of carbonyl (C=O) groups excluding carboxylic acids is 1. The van der Waals surface area contributed by atoms with Gasteiger partial charge in [-0.05, 0) is 19.9 Å². The Hall–Kier alpha value is -1.69. The van der Waals surface area contributed by atoms with Gasteiger partial charge in [0.15, 0.2) is 0 Å². The number of carbonyl (C=O) groups is 1. The number of esters is 1. The maximum Gasteiger partial charge on any atom is 0.306 e. The van der Waals surface area contributed by atoms with E-state index >= 15 is 0 Å². The quantitative estimate of drug-likeness (QED) is 0.761. The molecule has 0 saturated carbocycles. The minimum Gasteiger partial charge on any atom is -0.469 e. The van der Waals surface area contributed by atoms with Crippen LogP contribution >= 0.6 is 0 Å². The van der Waals surface area contributed by atoms with E-state index in [1.807, 2.05) is 13.0 Å². The van der Waals surface area contributed by atoms with Gasteiger partial charge in [-0.2, -0.15) is 0 Å². The van der Waals surface area contributed by atoms with Crippen molar-refractivity contribution in [2.75, 3.05) is 38.2 Å². The topological polar surface area (TPSA) is 58.6 Å². The van der Waals surface area contributed by atoms with Gasteiger partial charge in [-0.1, -0.05) is 0 Å². The van der Waals surface area contributed by atoms with Gasteiger partial charge >= 0.3 is 5.97 Å². The molecule has 1 fully saturated rings. The zero-order valence-electron chi connectivity index (χ0n) is 12.4. The molecular formula is C14H22N4O2. The van der Waals surface area contributed by atoms with Crippen molar-refractivity contribution in [3.05, 3.63) is 18.0 Å². The highest BCUT2D eigenvalue weighted by atomic mass is 16.5. The number of rotatable bonds is 4. The van der Waals surface area contributed by atoms with Crippen molar-refractivity contribution < 1.29 is 9.53 Å². The van der Waals surface area contributed by atoms with Gasteiger partial charge in [-0.25, -0.2) is 9.97 Å². The first-order valence-electron chi connectivity index (χ1n) is 6.95. The molecule has 0 N–H and O–H groups in total. The summed E-state index contributed by atoms with van der Waals surface area (Å²) in [7, 11) is 1.43. The average molecular weight is 278 g/mol. The van der Waals surface area contributed by atoms with Gasteiger partial charge in [0.1, 0.15) is 0 Å². The maximum absolute atomic E-state index is 11.2. The summed E-state index contributed by atoms with van der Waals surface area (Å²) >= 11 is 0. The van der Waals surface area contributed by atoms with Gasteiger partial charge in [0.05, 0.1) is 13.5 Å². The van der Waals surface area contributed by atoms with E-state index in [1.165, 1.54) is 7.11 Å². The largest absolute Gasteiger partial charge is 0.469 e. The average Bonchev–Trinajstić information content (AvgIpc) is 2.44. The molecule has 0 unspecified atom stereocenters. The van der Waals surface area contributed by atoms with Crippen molar-refractivity contribution in [2.45, 2.75) is 26.3 Å². The zero-order chi connectivity index (χ0) is 14.5. The fourth-order valence-corrected chi connectivity index (χ4v) is 2.46. The third kappa shape index (κ3) is 3.66. The van der Waals surface area contributed by atoms with Gasteiger partial charge in [0.2, 0.25) is 5.95 Å². The fraction of sp³-hybridized carbons (Fsp3) is 0.643. The number of ether oxygens (including phenoxy) is 1. The molecule has 110 valence electrons. The van der Waals surface area contributed by atoms with Crippen molar-refractivity contribution in [2.24, 2.45) is 0 Å². The normalized spacial score (nSPS) is 19.9. The summed E-state index contributed by atoms with van der Waals surface area (Å²) in [5.74, 6) is 0.646. The molecule has 0 bridgehead atoms. The summed E-state index contributed by atoms with van der Waals surface area (Å²) in [4.78, 5) is 24.5. The Morgan fingerprint density at radius 3 is 2.95 bits per heavy atom. The SMILES string of the molecule is COC(=O)CCN1CCN(c2nccc(C)n2)[C@H](C)C1. The van der Waals surface area contributed by atoms with E-state index in [-0.39, 0.29) is 5.97 Å². The van der Waals surface area contributed by atoms with Crippen LogP contribution in [0.15, 0.2) is 12.3 Å². The number of hydrogen-bond acceptors (Lipinski definition) is 6. The van der Waals surface area contributed by atoms with Crippen LogP contribution in [-0.2, 0) is 9.53 Å². The molecular weight excluding hydrogens is 256 g/mol. The molecule has 1 aromatic heterocycles. The van der Waals surface area contributed by atoms with E-state index in [0.29, 0.717) is 12.5 Å². The summed E-state index contributed by atoms with van der Waals surface area (Å²) in [5, 5.41) is 0. The number of aryl methyl sites for hydroxylation is 1. The second-order valence-corrected chi connectivity index (χ2v) is 5.17. The second kappa shape index (κ2) is 6.65. The first kappa shape index (κ1) is 14.7. The first-order chi connectivity index (χ1) is 9.60. The Kier molecular flexibility index (Phi) is 4.89. The van der Waals surface area contributed by atoms with E-state index in [2.05, 4.69) is 31.4 Å². The Labute approximate surface area is 119 Å². The smallest absolute Gasteiger partial charge is 0.306 e. The molecule has 6 nitrogen and oxygen atoms in total. The molecule has 1 aliphatic rings. The third-order valence-corrected chi connectivity index (χ3v) is 3.61. The Morgan fingerprint density at radius 2 is 2.30 bits per heavy atom. The summed E-state index contributed by atoms with van der Waals surface area (Å²) in [6, 6.07) is 2.24. The number of aromatic nitrogens is 2. The maximum atomic E-state index is 11.2. The molecule has 2 heterocycles. The van der Waals surface area contributed by atoms with Gasteiger partial charge in [0.25, 0.3) is 0 Å². The highest BCUT2D eigenvalue weighted by molar-refractivity contribution is 5.69. The van der Waals surface area contributed by atoms with Crippen molar-refractivity contribution in [1.29, 1.82) is 0 Å². The van der Waals surface area contributed by atoms with Crippen LogP contribution in [0.1, 0.15) is 19.0 Å². The van der Waals surface area contributed by atoms with Crippen LogP contribution in [0.4, 0.5) is 5.95 Å². The van der Waals surface area contributed by atoms with Crippen LogP contribution in [0.25, 0.3) is 0 Å². The number of anilines is 1. The lowest BCUT2D eigenvalue weighted by Gasteiger charge is -2.39. The van der Waals surface area contributed by atoms with Gasteiger partial charge in [-0.15, -0.1) is 0 Å². The Morgan fingerprint density at radius 1 is 1.50 bits per heavy atom. The third-order valence-electron chi connectivity index (χ3n) is 3.61. The molecule has 6 heteroatoms. The summed E-state index contributed by atoms with van der Waals surface area (Å²) < 4.78 is 4.68. The van der Waals surface area contributed by atoms with E-state index in [1.54, 1.807) is 6.20 Å². The van der Waals surface area contributed by atoms with E-state index in [4.69, 9.17) is 0 Å². The van der Waals surface area contributed by atoms with Crippen LogP contribution < -0.4 is 4.90 Å². The molecule has 1 saturated heterocycles. The highest BCUT2D eigenvalue weighted by Gasteiger charge is 2.25. The number of nitrogens with zero attached hydrogens (tertiary/aromatic N) is 4. The Bertz CT molecular complexity index is 466. The molecule has 0 aliphatic carbocycles. The first-order valence-corrected chi connectivity index (χ1v) is 6.95. The van der Waals surface area contributed by atoms with Crippen LogP contribution in [0.2, 0.25) is 0 Å². The molecule has 1 aromatic rings. The summed E-state index contributed by atoms with van der Waals surface area (Å²) in [5.41, 5.74) is 0.982. The molecule has 0 spiro atoms. The molecule has 0 amide bonds. The minimum absolute atomic E-state index is 0.151. The molecule has 20 heavy (non-hydrogen) atoms. The summed E-state index contributed by atoms with van der Waals surface area (Å²) in [6.07, 6.45) is 2.25. The lowest BCUT2D eigenvalue weighted by atomic mass is 10.2. The number of hydrogen-bond donors (Lipinski definition) is 0. The van der Waals surface area contributed by atoms with Crippen molar-refractivity contribution >= 4 is 11.9 Å². The van der Waals surface area contributed by atoms with Gasteiger partial charge in [0, 0.05) is 44.1 Å². The number of methoxy groups -OCH3 is 1. The van der Waals surface area contributed by atoms with Crippen molar-refractivity contribution in [3.8, 4) is 0 Å². The molecule has 0 aromatic carbocycles. The number of piperazine rings is 1. The van der Waals surface area contributed by atoms with Crippen LogP contribution in [0, 0.1) is 6.92 Å². The van der Waals surface area contributed by atoms with Crippen LogP contribution in [0.3, 0.4) is 0 Å². The zero-order valence-corrected chi connectivity index (χ0v) is 12.4.